The smallest absolute Gasteiger partial charge is 0.142 e. The monoisotopic (exact) mass is 245 g/mol. The van der Waals surface area contributed by atoms with Gasteiger partial charge in [-0.25, -0.2) is 0 Å². The van der Waals surface area contributed by atoms with E-state index in [1.165, 1.54) is 11.1 Å². The third-order valence-electron chi connectivity index (χ3n) is 2.94. The maximum atomic E-state index is 5.37. The van der Waals surface area contributed by atoms with Crippen molar-refractivity contribution in [1.82, 2.24) is 9.78 Å². The van der Waals surface area contributed by atoms with Gasteiger partial charge in [0.05, 0.1) is 18.5 Å². The quantitative estimate of drug-likeness (QED) is 0.900. The van der Waals surface area contributed by atoms with Crippen molar-refractivity contribution in [3.8, 4) is 5.75 Å². The van der Waals surface area contributed by atoms with Crippen LogP contribution in [-0.2, 0) is 13.6 Å². The van der Waals surface area contributed by atoms with Crippen LogP contribution in [0.2, 0.25) is 0 Å². The average Bonchev–Trinajstić information content (AvgIpc) is 2.66. The van der Waals surface area contributed by atoms with Crippen LogP contribution in [-0.4, -0.2) is 16.9 Å². The molecule has 0 bridgehead atoms. The highest BCUT2D eigenvalue weighted by molar-refractivity contribution is 5.57. The number of benzene rings is 1. The molecular formula is C14H19N3O. The molecule has 0 spiro atoms. The van der Waals surface area contributed by atoms with Gasteiger partial charge in [-0.05, 0) is 31.5 Å². The van der Waals surface area contributed by atoms with Gasteiger partial charge in [0, 0.05) is 25.4 Å². The van der Waals surface area contributed by atoms with Crippen molar-refractivity contribution in [3.05, 3.63) is 41.2 Å². The highest BCUT2D eigenvalue weighted by Gasteiger charge is 2.06. The largest absolute Gasteiger partial charge is 0.495 e. The fourth-order valence-corrected chi connectivity index (χ4v) is 1.96. The number of ether oxygens (including phenoxy) is 1. The first-order valence-electron chi connectivity index (χ1n) is 5.98. The number of rotatable bonds is 4. The summed E-state index contributed by atoms with van der Waals surface area (Å²) in [4.78, 5) is 0. The van der Waals surface area contributed by atoms with E-state index < -0.39 is 0 Å². The number of nitrogens with zero attached hydrogens (tertiary/aromatic N) is 2. The van der Waals surface area contributed by atoms with Crippen molar-refractivity contribution in [1.29, 1.82) is 0 Å². The van der Waals surface area contributed by atoms with Gasteiger partial charge < -0.3 is 10.1 Å². The lowest BCUT2D eigenvalue weighted by atomic mass is 10.2. The minimum atomic E-state index is 0.749. The molecule has 96 valence electrons. The standard InChI is InChI=1S/C14H19N3O/c1-10-5-6-13(14(7-10)18-4)15-8-12-9-17(3)16-11(12)2/h5-7,9,15H,8H2,1-4H3. The fourth-order valence-electron chi connectivity index (χ4n) is 1.96. The third-order valence-corrected chi connectivity index (χ3v) is 2.94. The summed E-state index contributed by atoms with van der Waals surface area (Å²) in [7, 11) is 3.62. The summed E-state index contributed by atoms with van der Waals surface area (Å²) < 4.78 is 7.20. The van der Waals surface area contributed by atoms with Gasteiger partial charge in [0.15, 0.2) is 0 Å². The van der Waals surface area contributed by atoms with Gasteiger partial charge in [-0.1, -0.05) is 6.07 Å². The maximum Gasteiger partial charge on any atom is 0.142 e. The molecule has 0 aliphatic carbocycles. The SMILES string of the molecule is COc1cc(C)ccc1NCc1cn(C)nc1C. The summed E-state index contributed by atoms with van der Waals surface area (Å²) >= 11 is 0. The number of aromatic nitrogens is 2. The molecule has 2 rings (SSSR count). The van der Waals surface area contributed by atoms with Gasteiger partial charge in [0.2, 0.25) is 0 Å². The summed E-state index contributed by atoms with van der Waals surface area (Å²) in [6, 6.07) is 6.14. The second kappa shape index (κ2) is 5.12. The van der Waals surface area contributed by atoms with Crippen molar-refractivity contribution < 1.29 is 4.74 Å². The fraction of sp³-hybridized carbons (Fsp3) is 0.357. The lowest BCUT2D eigenvalue weighted by molar-refractivity contribution is 0.416. The third kappa shape index (κ3) is 2.64. The minimum absolute atomic E-state index is 0.749. The lowest BCUT2D eigenvalue weighted by Crippen LogP contribution is -2.02. The molecule has 2 aromatic rings. The zero-order valence-corrected chi connectivity index (χ0v) is 11.3. The zero-order chi connectivity index (χ0) is 13.1. The predicted molar refractivity (Wildman–Crippen MR) is 73.0 cm³/mol. The van der Waals surface area contributed by atoms with Crippen molar-refractivity contribution in [2.45, 2.75) is 20.4 Å². The summed E-state index contributed by atoms with van der Waals surface area (Å²) in [5, 5.41) is 7.71. The summed E-state index contributed by atoms with van der Waals surface area (Å²) in [5.74, 6) is 0.872. The number of methoxy groups -OCH3 is 1. The van der Waals surface area contributed by atoms with E-state index in [0.717, 1.165) is 23.7 Å². The molecule has 4 nitrogen and oxygen atoms in total. The molecule has 1 N–H and O–H groups in total. The van der Waals surface area contributed by atoms with Gasteiger partial charge >= 0.3 is 0 Å². The topological polar surface area (TPSA) is 39.1 Å². The van der Waals surface area contributed by atoms with Crippen LogP contribution in [0.4, 0.5) is 5.69 Å². The van der Waals surface area contributed by atoms with Crippen LogP contribution < -0.4 is 10.1 Å². The first-order chi connectivity index (χ1) is 8.60. The molecule has 18 heavy (non-hydrogen) atoms. The number of anilines is 1. The molecule has 0 fully saturated rings. The van der Waals surface area contributed by atoms with E-state index >= 15 is 0 Å². The van der Waals surface area contributed by atoms with Crippen molar-refractivity contribution in [3.63, 3.8) is 0 Å². The van der Waals surface area contributed by atoms with Gasteiger partial charge in [0.25, 0.3) is 0 Å². The van der Waals surface area contributed by atoms with Crippen LogP contribution in [0, 0.1) is 13.8 Å². The van der Waals surface area contributed by atoms with Crippen molar-refractivity contribution in [2.75, 3.05) is 12.4 Å². The molecule has 0 aliphatic rings. The molecular weight excluding hydrogens is 226 g/mol. The zero-order valence-electron chi connectivity index (χ0n) is 11.3. The van der Waals surface area contributed by atoms with E-state index in [1.54, 1.807) is 7.11 Å². The first-order valence-corrected chi connectivity index (χ1v) is 5.98. The Bertz CT molecular complexity index is 546. The van der Waals surface area contributed by atoms with Gasteiger partial charge in [-0.2, -0.15) is 5.10 Å². The molecule has 0 atom stereocenters. The molecule has 4 heteroatoms. The van der Waals surface area contributed by atoms with Gasteiger partial charge in [-0.15, -0.1) is 0 Å². The number of nitrogens with one attached hydrogen (secondary N) is 1. The summed E-state index contributed by atoms with van der Waals surface area (Å²) in [6.45, 7) is 4.82. The Balaban J connectivity index is 2.13. The molecule has 0 saturated heterocycles. The molecule has 0 aliphatic heterocycles. The van der Waals surface area contributed by atoms with Crippen LogP contribution in [0.1, 0.15) is 16.8 Å². The Morgan fingerprint density at radius 2 is 2.11 bits per heavy atom. The lowest BCUT2D eigenvalue weighted by Gasteiger charge is -2.11. The van der Waals surface area contributed by atoms with Crippen LogP contribution in [0.3, 0.4) is 0 Å². The van der Waals surface area contributed by atoms with E-state index in [-0.39, 0.29) is 0 Å². The summed E-state index contributed by atoms with van der Waals surface area (Å²) in [5.41, 5.74) is 4.44. The van der Waals surface area contributed by atoms with E-state index in [0.29, 0.717) is 0 Å². The number of hydrogen-bond acceptors (Lipinski definition) is 3. The normalized spacial score (nSPS) is 10.4. The Morgan fingerprint density at radius 3 is 2.72 bits per heavy atom. The van der Waals surface area contributed by atoms with Crippen molar-refractivity contribution in [2.24, 2.45) is 7.05 Å². The molecule has 0 amide bonds. The number of hydrogen-bond donors (Lipinski definition) is 1. The van der Waals surface area contributed by atoms with Gasteiger partial charge in [0.1, 0.15) is 5.75 Å². The highest BCUT2D eigenvalue weighted by Crippen LogP contribution is 2.25. The molecule has 1 heterocycles. The average molecular weight is 245 g/mol. The minimum Gasteiger partial charge on any atom is -0.495 e. The maximum absolute atomic E-state index is 5.37. The van der Waals surface area contributed by atoms with Gasteiger partial charge in [-0.3, -0.25) is 4.68 Å². The van der Waals surface area contributed by atoms with Crippen LogP contribution >= 0.6 is 0 Å². The second-order valence-corrected chi connectivity index (χ2v) is 4.47. The molecule has 1 aromatic heterocycles. The Kier molecular flexibility index (Phi) is 3.55. The summed E-state index contributed by atoms with van der Waals surface area (Å²) in [6.07, 6.45) is 2.03. The molecule has 0 radical (unpaired) electrons. The molecule has 1 aromatic carbocycles. The van der Waals surface area contributed by atoms with E-state index in [9.17, 15) is 0 Å². The van der Waals surface area contributed by atoms with E-state index in [1.807, 2.05) is 37.0 Å². The molecule has 0 saturated carbocycles. The second-order valence-electron chi connectivity index (χ2n) is 4.47. The first kappa shape index (κ1) is 12.5. The predicted octanol–water partition coefficient (Wildman–Crippen LogP) is 2.66. The molecule has 0 unspecified atom stereocenters. The van der Waals surface area contributed by atoms with Crippen LogP contribution in [0.25, 0.3) is 0 Å². The van der Waals surface area contributed by atoms with Crippen LogP contribution in [0.5, 0.6) is 5.75 Å². The van der Waals surface area contributed by atoms with Crippen LogP contribution in [0.15, 0.2) is 24.4 Å². The Labute approximate surface area is 108 Å². The Morgan fingerprint density at radius 1 is 1.33 bits per heavy atom. The number of aryl methyl sites for hydroxylation is 3. The van der Waals surface area contributed by atoms with E-state index in [2.05, 4.69) is 23.4 Å². The Hall–Kier alpha value is -1.97. The van der Waals surface area contributed by atoms with Crippen molar-refractivity contribution >= 4 is 5.69 Å². The van der Waals surface area contributed by atoms with E-state index in [4.69, 9.17) is 4.74 Å². The highest BCUT2D eigenvalue weighted by atomic mass is 16.5.